The van der Waals surface area contributed by atoms with E-state index in [1.807, 2.05) is 61.5 Å². The minimum atomic E-state index is -1.26. The number of ether oxygens (including phenoxy) is 2. The van der Waals surface area contributed by atoms with Crippen molar-refractivity contribution in [2.75, 3.05) is 32.6 Å². The third kappa shape index (κ3) is 14.5. The molecule has 0 spiro atoms. The summed E-state index contributed by atoms with van der Waals surface area (Å²) < 4.78 is 12.1. The fraction of sp³-hybridized carbons (Fsp3) is 0.442. The maximum atomic E-state index is 12.6. The Kier molecular flexibility index (Phi) is 20.6. The zero-order valence-corrected chi connectivity index (χ0v) is 35.2. The lowest BCUT2D eigenvalue weighted by Crippen LogP contribution is -3.00. The normalized spacial score (nSPS) is 20.8. The van der Waals surface area contributed by atoms with Gasteiger partial charge in [0, 0.05) is 50.4 Å². The molecule has 3 unspecified atom stereocenters. The Balaban J connectivity index is 0.000000333. The molecule has 2 aliphatic rings. The topological polar surface area (TPSA) is 212 Å². The molecule has 2 heterocycles. The predicted octanol–water partition coefficient (Wildman–Crippen LogP) is 1.79. The molecule has 2 bridgehead atoms. The maximum absolute atomic E-state index is 12.6. The van der Waals surface area contributed by atoms with E-state index in [1.165, 1.54) is 24.5 Å². The number of aliphatic carboxylic acids is 2. The lowest BCUT2D eigenvalue weighted by Gasteiger charge is -2.49. The molecule has 1 amide bonds. The molecule has 7 N–H and O–H groups in total. The number of amides is 1. The van der Waals surface area contributed by atoms with Gasteiger partial charge in [-0.05, 0) is 68.1 Å². The molecule has 2 fully saturated rings. The summed E-state index contributed by atoms with van der Waals surface area (Å²) in [6, 6.07) is 23.9. The van der Waals surface area contributed by atoms with E-state index in [1.54, 1.807) is 19.2 Å². The number of halogens is 1. The molecular weight excluding hydrogens is 814 g/mol. The number of rotatable bonds is 16. The van der Waals surface area contributed by atoms with Crippen LogP contribution in [0.3, 0.4) is 0 Å². The monoisotopic (exact) mass is 871 g/mol. The number of nitrogens with zero attached hydrogens (tertiary/aromatic N) is 1. The number of benzene rings is 3. The standard InChI is InChI=1S/C20H30NO3.C19H24N2O4.C4H4O4.BrH/c1-14(2)21(3)16-9-10-17(21)12-18(11-16)24-20(23)19(13-22)15-7-5-4-6-8-15;1-13(9-14-3-6-16(25-2)7-4-14)20-11-19(24)15-5-8-18(23)17(10-15)21-12-22;5-3(6)1-2-4(7)8;/h4-8,14,16-19,22H,9-13H2,1-3H3;3-8,10,12-13,19-20,23-24H,9,11H2,1-2H3,(H,21,22);1-2H,(H,5,6)(H,7,8);1H/q+1;;;/p-1/b;;2-1+;/t16-,17+,18?,19?,21?;13-,19+;;/m.1../s1. The maximum Gasteiger partial charge on any atom is 0.328 e. The molecule has 0 aliphatic carbocycles. The first kappa shape index (κ1) is 49.3. The Hall–Kier alpha value is -4.80. The van der Waals surface area contributed by atoms with Gasteiger partial charge in [-0.2, -0.15) is 0 Å². The van der Waals surface area contributed by atoms with Crippen molar-refractivity contribution in [3.63, 3.8) is 0 Å². The molecule has 0 aromatic heterocycles. The van der Waals surface area contributed by atoms with Crippen LogP contribution in [0.1, 0.15) is 75.2 Å². The molecule has 0 radical (unpaired) electrons. The molecular formula is C43H58BrN3O11. The number of piperidine rings is 1. The van der Waals surface area contributed by atoms with E-state index in [9.17, 15) is 34.5 Å². The van der Waals surface area contributed by atoms with Crippen LogP contribution < -0.4 is 32.4 Å². The summed E-state index contributed by atoms with van der Waals surface area (Å²) >= 11 is 0. The molecule has 7 atom stereocenters. The number of fused-ring (bicyclic) bond motifs is 2. The van der Waals surface area contributed by atoms with Gasteiger partial charge in [-0.3, -0.25) is 9.59 Å². The number of phenols is 1. The minimum Gasteiger partial charge on any atom is -1.00 e. The zero-order valence-electron chi connectivity index (χ0n) is 33.7. The molecule has 2 aliphatic heterocycles. The Labute approximate surface area is 350 Å². The second-order valence-corrected chi connectivity index (χ2v) is 14.8. The van der Waals surface area contributed by atoms with Crippen LogP contribution in [-0.2, 0) is 30.3 Å². The molecule has 318 valence electrons. The lowest BCUT2D eigenvalue weighted by molar-refractivity contribution is -0.968. The molecule has 3 aromatic carbocycles. The fourth-order valence-corrected chi connectivity index (χ4v) is 7.52. The lowest BCUT2D eigenvalue weighted by atomic mass is 9.94. The zero-order chi connectivity index (χ0) is 42.1. The first-order valence-electron chi connectivity index (χ1n) is 19.1. The number of quaternary nitrogens is 1. The van der Waals surface area contributed by atoms with E-state index in [0.717, 1.165) is 35.1 Å². The van der Waals surface area contributed by atoms with Gasteiger partial charge in [-0.25, -0.2) is 9.59 Å². The van der Waals surface area contributed by atoms with Crippen molar-refractivity contribution in [3.8, 4) is 11.5 Å². The average molecular weight is 873 g/mol. The van der Waals surface area contributed by atoms with E-state index in [4.69, 9.17) is 19.7 Å². The van der Waals surface area contributed by atoms with Crippen molar-refractivity contribution < 1.29 is 75.6 Å². The number of nitrogens with one attached hydrogen (secondary N) is 2. The number of hydrogen-bond acceptors (Lipinski definition) is 10. The highest BCUT2D eigenvalue weighted by molar-refractivity contribution is 5.89. The van der Waals surface area contributed by atoms with Gasteiger partial charge >= 0.3 is 17.9 Å². The highest BCUT2D eigenvalue weighted by atomic mass is 79.9. The summed E-state index contributed by atoms with van der Waals surface area (Å²) in [6.07, 6.45) is 6.04. The van der Waals surface area contributed by atoms with Crippen molar-refractivity contribution in [2.24, 2.45) is 0 Å². The van der Waals surface area contributed by atoms with Crippen LogP contribution in [0.4, 0.5) is 5.69 Å². The minimum absolute atomic E-state index is 0. The van der Waals surface area contributed by atoms with Gasteiger partial charge in [-0.1, -0.05) is 48.5 Å². The molecule has 58 heavy (non-hydrogen) atoms. The van der Waals surface area contributed by atoms with Crippen molar-refractivity contribution in [1.82, 2.24) is 5.32 Å². The number of aliphatic hydroxyl groups is 2. The third-order valence-electron chi connectivity index (χ3n) is 10.9. The second-order valence-electron chi connectivity index (χ2n) is 14.8. The van der Waals surface area contributed by atoms with Gasteiger partial charge in [0.2, 0.25) is 6.41 Å². The Morgan fingerprint density at radius 1 is 0.897 bits per heavy atom. The summed E-state index contributed by atoms with van der Waals surface area (Å²) in [4.78, 5) is 42.2. The largest absolute Gasteiger partial charge is 1.00 e. The Morgan fingerprint density at radius 3 is 1.98 bits per heavy atom. The number of aromatic hydroxyl groups is 1. The number of methoxy groups -OCH3 is 1. The second kappa shape index (κ2) is 24.2. The summed E-state index contributed by atoms with van der Waals surface area (Å²) in [5.41, 5.74) is 2.90. The number of aliphatic hydroxyl groups excluding tert-OH is 2. The molecule has 0 saturated carbocycles. The van der Waals surface area contributed by atoms with Gasteiger partial charge in [0.05, 0.1) is 50.7 Å². The summed E-state index contributed by atoms with van der Waals surface area (Å²) in [7, 11) is 4.01. The van der Waals surface area contributed by atoms with Crippen LogP contribution >= 0.6 is 0 Å². The summed E-state index contributed by atoms with van der Waals surface area (Å²) in [5, 5.41) is 50.9. The Bertz CT molecular complexity index is 1740. The smallest absolute Gasteiger partial charge is 0.328 e. The number of carboxylic acid groups (broad SMARTS) is 2. The number of esters is 1. The van der Waals surface area contributed by atoms with E-state index in [0.29, 0.717) is 48.8 Å². The quantitative estimate of drug-likeness (QED) is 0.0361. The van der Waals surface area contributed by atoms with Gasteiger partial charge in [0.1, 0.15) is 23.5 Å². The summed E-state index contributed by atoms with van der Waals surface area (Å²) in [5.74, 6) is -2.58. The van der Waals surface area contributed by atoms with Gasteiger partial charge < -0.3 is 67.1 Å². The highest BCUT2D eigenvalue weighted by Gasteiger charge is 2.53. The molecule has 3 aromatic rings. The van der Waals surface area contributed by atoms with Gasteiger partial charge in [0.15, 0.2) is 0 Å². The van der Waals surface area contributed by atoms with Crippen LogP contribution in [0.2, 0.25) is 0 Å². The fourth-order valence-electron chi connectivity index (χ4n) is 7.52. The van der Waals surface area contributed by atoms with E-state index >= 15 is 0 Å². The first-order valence-corrected chi connectivity index (χ1v) is 19.1. The van der Waals surface area contributed by atoms with Crippen molar-refractivity contribution in [2.45, 2.75) is 95.2 Å². The molecule has 5 rings (SSSR count). The SMILES string of the molecule is CC(C)[N+]1(C)[C@@H]2CC[C@H]1CC(OC(=O)C(CO)c1ccccc1)C2.COc1ccc(C[C@@H](C)NC[C@H](O)c2ccc(O)c(NC=O)c2)cc1.O=C(O)/C=C/C(=O)O.[Br-]. The van der Waals surface area contributed by atoms with Crippen LogP contribution in [0.5, 0.6) is 11.5 Å². The van der Waals surface area contributed by atoms with Crippen molar-refractivity contribution in [3.05, 3.63) is 102 Å². The molecule has 2 saturated heterocycles. The Morgan fingerprint density at radius 2 is 1.48 bits per heavy atom. The molecule has 14 nitrogen and oxygen atoms in total. The van der Waals surface area contributed by atoms with Gasteiger partial charge in [-0.15, -0.1) is 0 Å². The number of carbonyl (C=O) groups is 4. The van der Waals surface area contributed by atoms with E-state index in [-0.39, 0.29) is 53.1 Å². The number of phenolic OH excluding ortho intramolecular Hbond substituents is 1. The average Bonchev–Trinajstić information content (AvgIpc) is 3.34. The van der Waals surface area contributed by atoms with E-state index < -0.39 is 24.0 Å². The molecule has 15 heteroatoms. The van der Waals surface area contributed by atoms with Gasteiger partial charge in [0.25, 0.3) is 0 Å². The predicted molar refractivity (Wildman–Crippen MR) is 215 cm³/mol. The highest BCUT2D eigenvalue weighted by Crippen LogP contribution is 2.44. The van der Waals surface area contributed by atoms with E-state index in [2.05, 4.69) is 31.5 Å². The van der Waals surface area contributed by atoms with Crippen molar-refractivity contribution >= 4 is 30.0 Å². The number of anilines is 1. The van der Waals surface area contributed by atoms with Crippen LogP contribution in [0.25, 0.3) is 0 Å². The first-order chi connectivity index (χ1) is 27.1. The third-order valence-corrected chi connectivity index (χ3v) is 10.9. The number of hydrogen-bond donors (Lipinski definition) is 7. The van der Waals surface area contributed by atoms with Crippen LogP contribution in [0, 0.1) is 0 Å². The van der Waals surface area contributed by atoms with Crippen molar-refractivity contribution in [1.29, 1.82) is 0 Å². The number of carbonyl (C=O) groups excluding carboxylic acids is 2. The van der Waals surface area contributed by atoms with Crippen LogP contribution in [-0.4, -0.2) is 112 Å². The summed E-state index contributed by atoms with van der Waals surface area (Å²) in [6.45, 7) is 6.81. The van der Waals surface area contributed by atoms with Crippen LogP contribution in [0.15, 0.2) is 84.9 Å². The number of carboxylic acids is 2.